The summed E-state index contributed by atoms with van der Waals surface area (Å²) in [6.07, 6.45) is 3.25. The van der Waals surface area contributed by atoms with Crippen molar-refractivity contribution in [2.24, 2.45) is 0 Å². The highest BCUT2D eigenvalue weighted by atomic mass is 16.5. The van der Waals surface area contributed by atoms with Crippen LogP contribution < -0.4 is 5.32 Å². The average molecular weight is 249 g/mol. The Labute approximate surface area is 112 Å². The highest BCUT2D eigenvalue weighted by Crippen LogP contribution is 2.12. The minimum Gasteiger partial charge on any atom is -0.381 e. The second kappa shape index (κ2) is 8.28. The molecule has 0 heterocycles. The molecule has 18 heavy (non-hydrogen) atoms. The van der Waals surface area contributed by atoms with Gasteiger partial charge in [-0.2, -0.15) is 0 Å². The van der Waals surface area contributed by atoms with Gasteiger partial charge in [-0.25, -0.2) is 0 Å². The van der Waals surface area contributed by atoms with Gasteiger partial charge in [0, 0.05) is 19.3 Å². The van der Waals surface area contributed by atoms with Crippen molar-refractivity contribution in [3.8, 4) is 0 Å². The molecule has 0 bridgehead atoms. The Hall–Kier alpha value is -0.860. The lowest BCUT2D eigenvalue weighted by atomic mass is 10.00. The quantitative estimate of drug-likeness (QED) is 0.714. The lowest BCUT2D eigenvalue weighted by molar-refractivity contribution is 0.125. The predicted octanol–water partition coefficient (Wildman–Crippen LogP) is 3.25. The largest absolute Gasteiger partial charge is 0.381 e. The first kappa shape index (κ1) is 15.2. The smallest absolute Gasteiger partial charge is 0.0480 e. The van der Waals surface area contributed by atoms with E-state index in [4.69, 9.17) is 4.74 Å². The van der Waals surface area contributed by atoms with Crippen LogP contribution in [0.3, 0.4) is 0 Å². The minimum absolute atomic E-state index is 0.503. The predicted molar refractivity (Wildman–Crippen MR) is 78.2 cm³/mol. The molecule has 1 aromatic carbocycles. The highest BCUT2D eigenvalue weighted by Gasteiger charge is 2.07. The summed E-state index contributed by atoms with van der Waals surface area (Å²) in [5, 5.41) is 3.39. The minimum atomic E-state index is 0.503. The van der Waals surface area contributed by atoms with E-state index in [0.717, 1.165) is 32.5 Å². The molecule has 1 rings (SSSR count). The molecule has 1 unspecified atom stereocenters. The fraction of sp³-hybridized carbons (Fsp3) is 0.625. The Bertz CT molecular complexity index is 329. The second-order valence-electron chi connectivity index (χ2n) is 5.09. The van der Waals surface area contributed by atoms with Crippen molar-refractivity contribution < 1.29 is 4.74 Å². The first-order valence-corrected chi connectivity index (χ1v) is 6.98. The van der Waals surface area contributed by atoms with Crippen molar-refractivity contribution in [2.75, 3.05) is 20.3 Å². The molecule has 102 valence electrons. The van der Waals surface area contributed by atoms with E-state index < -0.39 is 0 Å². The van der Waals surface area contributed by atoms with E-state index in [1.54, 1.807) is 0 Å². The summed E-state index contributed by atoms with van der Waals surface area (Å²) >= 11 is 0. The Balaban J connectivity index is 2.46. The summed E-state index contributed by atoms with van der Waals surface area (Å²) in [4.78, 5) is 0. The molecule has 2 heteroatoms. The zero-order chi connectivity index (χ0) is 13.4. The van der Waals surface area contributed by atoms with Gasteiger partial charge >= 0.3 is 0 Å². The number of hydrogen-bond donors (Lipinski definition) is 1. The molecule has 0 radical (unpaired) electrons. The topological polar surface area (TPSA) is 21.3 Å². The first-order valence-electron chi connectivity index (χ1n) is 6.98. The van der Waals surface area contributed by atoms with Gasteiger partial charge in [-0.15, -0.1) is 0 Å². The molecule has 0 aliphatic heterocycles. The molecular weight excluding hydrogens is 222 g/mol. The lowest BCUT2D eigenvalue weighted by Crippen LogP contribution is -2.29. The molecule has 0 aliphatic rings. The summed E-state index contributed by atoms with van der Waals surface area (Å²) in [6.45, 7) is 8.19. The van der Waals surface area contributed by atoms with Crippen molar-refractivity contribution in [1.29, 1.82) is 0 Å². The SMILES string of the molecule is CCCOCCC(Cc1cc(C)cc(C)c1)NC. The molecule has 0 aliphatic carbocycles. The lowest BCUT2D eigenvalue weighted by Gasteiger charge is -2.17. The Kier molecular flexibility index (Phi) is 6.99. The number of aryl methyl sites for hydroxylation is 2. The maximum absolute atomic E-state index is 5.56. The summed E-state index contributed by atoms with van der Waals surface area (Å²) in [5.74, 6) is 0. The third-order valence-electron chi connectivity index (χ3n) is 3.13. The molecule has 1 N–H and O–H groups in total. The van der Waals surface area contributed by atoms with E-state index in [0.29, 0.717) is 6.04 Å². The van der Waals surface area contributed by atoms with E-state index in [-0.39, 0.29) is 0 Å². The summed E-state index contributed by atoms with van der Waals surface area (Å²) < 4.78 is 5.56. The van der Waals surface area contributed by atoms with Crippen molar-refractivity contribution in [2.45, 2.75) is 46.1 Å². The van der Waals surface area contributed by atoms with Crippen LogP contribution in [-0.2, 0) is 11.2 Å². The molecule has 0 fully saturated rings. The van der Waals surface area contributed by atoms with Crippen LogP contribution in [0.5, 0.6) is 0 Å². The zero-order valence-corrected chi connectivity index (χ0v) is 12.3. The van der Waals surface area contributed by atoms with Crippen LogP contribution in [0.15, 0.2) is 18.2 Å². The first-order chi connectivity index (χ1) is 8.65. The average Bonchev–Trinajstić information content (AvgIpc) is 2.32. The van der Waals surface area contributed by atoms with Gasteiger partial charge in [-0.3, -0.25) is 0 Å². The van der Waals surface area contributed by atoms with E-state index >= 15 is 0 Å². The maximum Gasteiger partial charge on any atom is 0.0480 e. The monoisotopic (exact) mass is 249 g/mol. The molecule has 1 aromatic rings. The maximum atomic E-state index is 5.56. The van der Waals surface area contributed by atoms with Crippen LogP contribution in [-0.4, -0.2) is 26.3 Å². The van der Waals surface area contributed by atoms with Crippen molar-refractivity contribution in [3.05, 3.63) is 34.9 Å². The van der Waals surface area contributed by atoms with Gasteiger partial charge in [0.25, 0.3) is 0 Å². The van der Waals surface area contributed by atoms with E-state index in [1.165, 1.54) is 16.7 Å². The number of benzene rings is 1. The summed E-state index contributed by atoms with van der Waals surface area (Å²) in [5.41, 5.74) is 4.12. The van der Waals surface area contributed by atoms with Gasteiger partial charge in [-0.1, -0.05) is 36.2 Å². The van der Waals surface area contributed by atoms with Crippen LogP contribution in [0.2, 0.25) is 0 Å². The molecule has 1 atom stereocenters. The Morgan fingerprint density at radius 1 is 1.11 bits per heavy atom. The molecule has 0 amide bonds. The molecule has 0 spiro atoms. The number of likely N-dealkylation sites (N-methyl/N-ethyl adjacent to an activating group) is 1. The molecule has 0 aromatic heterocycles. The number of ether oxygens (including phenoxy) is 1. The fourth-order valence-electron chi connectivity index (χ4n) is 2.29. The number of rotatable bonds is 8. The van der Waals surface area contributed by atoms with E-state index in [2.05, 4.69) is 44.3 Å². The van der Waals surface area contributed by atoms with Crippen molar-refractivity contribution in [1.82, 2.24) is 5.32 Å². The van der Waals surface area contributed by atoms with Crippen LogP contribution in [0.4, 0.5) is 0 Å². The van der Waals surface area contributed by atoms with Crippen LogP contribution in [0.25, 0.3) is 0 Å². The summed E-state index contributed by atoms with van der Waals surface area (Å²) in [6, 6.07) is 7.29. The van der Waals surface area contributed by atoms with E-state index in [9.17, 15) is 0 Å². The van der Waals surface area contributed by atoms with Gasteiger partial charge in [0.15, 0.2) is 0 Å². The standard InChI is InChI=1S/C16H27NO/c1-5-7-18-8-6-16(17-4)12-15-10-13(2)9-14(3)11-15/h9-11,16-17H,5-8,12H2,1-4H3. The summed E-state index contributed by atoms with van der Waals surface area (Å²) in [7, 11) is 2.03. The molecular formula is C16H27NO. The van der Waals surface area contributed by atoms with Crippen LogP contribution in [0, 0.1) is 13.8 Å². The van der Waals surface area contributed by atoms with E-state index in [1.807, 2.05) is 7.05 Å². The van der Waals surface area contributed by atoms with Crippen molar-refractivity contribution in [3.63, 3.8) is 0 Å². The van der Waals surface area contributed by atoms with Gasteiger partial charge in [0.2, 0.25) is 0 Å². The second-order valence-corrected chi connectivity index (χ2v) is 5.09. The Morgan fingerprint density at radius 3 is 2.33 bits per heavy atom. The molecule has 0 saturated heterocycles. The van der Waals surface area contributed by atoms with Gasteiger partial charge in [0.1, 0.15) is 0 Å². The molecule has 0 saturated carbocycles. The van der Waals surface area contributed by atoms with Gasteiger partial charge in [0.05, 0.1) is 0 Å². The third kappa shape index (κ3) is 5.65. The van der Waals surface area contributed by atoms with Crippen LogP contribution >= 0.6 is 0 Å². The number of nitrogens with one attached hydrogen (secondary N) is 1. The van der Waals surface area contributed by atoms with Gasteiger partial charge in [-0.05, 0) is 45.7 Å². The van der Waals surface area contributed by atoms with Gasteiger partial charge < -0.3 is 10.1 Å². The van der Waals surface area contributed by atoms with Crippen molar-refractivity contribution >= 4 is 0 Å². The fourth-order valence-corrected chi connectivity index (χ4v) is 2.29. The normalized spacial score (nSPS) is 12.7. The van der Waals surface area contributed by atoms with Crippen LogP contribution in [0.1, 0.15) is 36.5 Å². The number of hydrogen-bond acceptors (Lipinski definition) is 2. The highest BCUT2D eigenvalue weighted by molar-refractivity contribution is 5.29. The Morgan fingerprint density at radius 2 is 1.78 bits per heavy atom. The third-order valence-corrected chi connectivity index (χ3v) is 3.13. The molecule has 2 nitrogen and oxygen atoms in total. The zero-order valence-electron chi connectivity index (χ0n) is 12.3.